The van der Waals surface area contributed by atoms with Crippen LogP contribution in [0.4, 0.5) is 5.69 Å². The van der Waals surface area contributed by atoms with Gasteiger partial charge >= 0.3 is 0 Å². The van der Waals surface area contributed by atoms with Crippen LogP contribution in [-0.2, 0) is 0 Å². The van der Waals surface area contributed by atoms with E-state index in [1.54, 1.807) is 0 Å². The lowest BCUT2D eigenvalue weighted by molar-refractivity contribution is 0.529. The summed E-state index contributed by atoms with van der Waals surface area (Å²) in [5.41, 5.74) is 1.38. The summed E-state index contributed by atoms with van der Waals surface area (Å²) in [4.78, 5) is 3.88. The molecule has 1 heterocycles. The van der Waals surface area contributed by atoms with Gasteiger partial charge in [-0.25, -0.2) is 0 Å². The van der Waals surface area contributed by atoms with Gasteiger partial charge in [-0.3, -0.25) is 5.14 Å². The first-order chi connectivity index (χ1) is 14.4. The molecule has 166 valence electrons. The molecule has 0 spiro atoms. The third-order valence-electron chi connectivity index (χ3n) is 6.03. The lowest BCUT2D eigenvalue weighted by Gasteiger charge is -2.24. The van der Waals surface area contributed by atoms with Gasteiger partial charge in [-0.2, -0.15) is 0 Å². The van der Waals surface area contributed by atoms with E-state index in [4.69, 9.17) is 5.14 Å². The van der Waals surface area contributed by atoms with Gasteiger partial charge in [-0.15, -0.1) is 0 Å². The molecular weight excluding hydrogens is 392 g/mol. The highest BCUT2D eigenvalue weighted by Crippen LogP contribution is 2.46. The average molecular weight is 437 g/mol. The van der Waals surface area contributed by atoms with Crippen LogP contribution in [-0.4, -0.2) is 11.3 Å². The predicted octanol–water partition coefficient (Wildman–Crippen LogP) is 8.75. The molecule has 0 fully saturated rings. The summed E-state index contributed by atoms with van der Waals surface area (Å²) >= 11 is 3.37. The van der Waals surface area contributed by atoms with Gasteiger partial charge in [0, 0.05) is 11.4 Å². The number of rotatable bonds is 18. The summed E-state index contributed by atoms with van der Waals surface area (Å²) < 4.78 is 0.351. The lowest BCUT2D eigenvalue weighted by atomic mass is 10.0. The summed E-state index contributed by atoms with van der Waals surface area (Å²) in [7, 11) is 0. The van der Waals surface area contributed by atoms with Crippen molar-refractivity contribution in [3.63, 3.8) is 0 Å². The summed E-state index contributed by atoms with van der Waals surface area (Å²) in [6.45, 7) is 3.43. The Morgan fingerprint density at radius 2 is 1.24 bits per heavy atom. The molecule has 0 amide bonds. The van der Waals surface area contributed by atoms with Gasteiger partial charge in [-0.05, 0) is 30.5 Å². The van der Waals surface area contributed by atoms with E-state index < -0.39 is 0 Å². The maximum absolute atomic E-state index is 5.92. The number of hydrogen-bond acceptors (Lipinski definition) is 4. The van der Waals surface area contributed by atoms with Gasteiger partial charge in [0.1, 0.15) is 4.71 Å². The van der Waals surface area contributed by atoms with Gasteiger partial charge in [0.25, 0.3) is 0 Å². The smallest absolute Gasteiger partial charge is 0.140 e. The molecule has 2 N–H and O–H groups in total. The molecule has 0 bridgehead atoms. The molecule has 1 atom stereocenters. The maximum atomic E-state index is 5.92. The van der Waals surface area contributed by atoms with E-state index in [0.29, 0.717) is 4.71 Å². The van der Waals surface area contributed by atoms with Gasteiger partial charge in [-0.1, -0.05) is 127 Å². The Labute approximate surface area is 189 Å². The van der Waals surface area contributed by atoms with E-state index in [2.05, 4.69) is 36.1 Å². The molecule has 1 aromatic rings. The molecule has 2 nitrogen and oxygen atoms in total. The first-order valence-corrected chi connectivity index (χ1v) is 14.1. The van der Waals surface area contributed by atoms with Gasteiger partial charge in [0.2, 0.25) is 0 Å². The van der Waals surface area contributed by atoms with Gasteiger partial charge < -0.3 is 4.90 Å². The molecule has 0 saturated heterocycles. The van der Waals surface area contributed by atoms with Crippen LogP contribution in [0.5, 0.6) is 0 Å². The third kappa shape index (κ3) is 10.0. The van der Waals surface area contributed by atoms with Crippen molar-refractivity contribution in [3.8, 4) is 0 Å². The number of para-hydroxylation sites is 1. The summed E-state index contributed by atoms with van der Waals surface area (Å²) in [5, 5.41) is 5.92. The number of hydrogen-bond donors (Lipinski definition) is 1. The van der Waals surface area contributed by atoms with Crippen molar-refractivity contribution in [2.24, 2.45) is 5.14 Å². The third-order valence-corrected chi connectivity index (χ3v) is 8.19. The topological polar surface area (TPSA) is 29.3 Å². The van der Waals surface area contributed by atoms with E-state index in [-0.39, 0.29) is 0 Å². The fourth-order valence-electron chi connectivity index (χ4n) is 4.24. The second-order valence-electron chi connectivity index (χ2n) is 8.53. The Morgan fingerprint density at radius 1 is 0.759 bits per heavy atom. The normalized spacial score (nSPS) is 15.8. The number of thioether (sulfide) groups is 1. The van der Waals surface area contributed by atoms with Gasteiger partial charge in [0.05, 0.1) is 5.69 Å². The van der Waals surface area contributed by atoms with Crippen molar-refractivity contribution < 1.29 is 0 Å². The number of benzene rings is 1. The zero-order valence-corrected chi connectivity index (χ0v) is 20.4. The molecule has 1 aliphatic rings. The number of nitrogens with two attached hydrogens (primary N) is 1. The standard InChI is InChI=1S/C25H44N2S2/c1-2-3-4-5-6-7-8-9-10-11-12-13-14-15-16-19-22-27-23-20-17-18-21-24(23)28-25(27)29-26/h17-18,20-21,25H,2-16,19,22,26H2,1H3. The average Bonchev–Trinajstić information content (AvgIpc) is 3.11. The Hall–Kier alpha value is -0.320. The maximum Gasteiger partial charge on any atom is 0.140 e. The minimum absolute atomic E-state index is 0.351. The van der Waals surface area contributed by atoms with E-state index in [0.717, 1.165) is 6.54 Å². The number of nitrogens with zero attached hydrogens (tertiary/aromatic N) is 1. The van der Waals surface area contributed by atoms with Crippen LogP contribution < -0.4 is 10.0 Å². The van der Waals surface area contributed by atoms with E-state index in [1.165, 1.54) is 125 Å². The molecule has 0 aliphatic carbocycles. The fourth-order valence-corrected chi connectivity index (χ4v) is 6.16. The SMILES string of the molecule is CCCCCCCCCCCCCCCCCCN1c2ccccc2SC1SN. The van der Waals surface area contributed by atoms with Crippen LogP contribution in [0, 0.1) is 0 Å². The Morgan fingerprint density at radius 3 is 1.76 bits per heavy atom. The molecule has 1 unspecified atom stereocenters. The van der Waals surface area contributed by atoms with Crippen molar-refractivity contribution in [2.75, 3.05) is 11.4 Å². The summed E-state index contributed by atoms with van der Waals surface area (Å²) in [6, 6.07) is 8.73. The lowest BCUT2D eigenvalue weighted by Crippen LogP contribution is -2.29. The molecule has 0 saturated carbocycles. The monoisotopic (exact) mass is 436 g/mol. The first-order valence-electron chi connectivity index (χ1n) is 12.2. The molecule has 1 aliphatic heterocycles. The Kier molecular flexibility index (Phi) is 14.1. The quantitative estimate of drug-likeness (QED) is 0.184. The van der Waals surface area contributed by atoms with Gasteiger partial charge in [0.15, 0.2) is 0 Å². The zero-order valence-electron chi connectivity index (χ0n) is 18.7. The molecule has 0 radical (unpaired) electrons. The molecule has 2 rings (SSSR count). The highest BCUT2D eigenvalue weighted by atomic mass is 32.2. The van der Waals surface area contributed by atoms with Crippen molar-refractivity contribution in [2.45, 2.75) is 119 Å². The first kappa shape index (κ1) is 24.9. The van der Waals surface area contributed by atoms with E-state index in [1.807, 2.05) is 11.8 Å². The van der Waals surface area contributed by atoms with Crippen molar-refractivity contribution in [1.82, 2.24) is 0 Å². The Bertz CT molecular complexity index is 523. The van der Waals surface area contributed by atoms with Crippen LogP contribution in [0.25, 0.3) is 0 Å². The molecule has 29 heavy (non-hydrogen) atoms. The second-order valence-corrected chi connectivity index (χ2v) is 10.7. The largest absolute Gasteiger partial charge is 0.349 e. The molecule has 1 aromatic carbocycles. The highest BCUT2D eigenvalue weighted by molar-refractivity contribution is 8.16. The number of unbranched alkanes of at least 4 members (excludes halogenated alkanes) is 15. The second kappa shape index (κ2) is 16.4. The Balaban J connectivity index is 1.38. The van der Waals surface area contributed by atoms with Crippen LogP contribution in [0.2, 0.25) is 0 Å². The van der Waals surface area contributed by atoms with Crippen LogP contribution in [0.15, 0.2) is 29.2 Å². The molecule has 0 aromatic heterocycles. The molecule has 4 heteroatoms. The van der Waals surface area contributed by atoms with Crippen molar-refractivity contribution in [3.05, 3.63) is 24.3 Å². The molecular formula is C25H44N2S2. The predicted molar refractivity (Wildman–Crippen MR) is 135 cm³/mol. The van der Waals surface area contributed by atoms with Crippen LogP contribution >= 0.6 is 23.7 Å². The van der Waals surface area contributed by atoms with Crippen molar-refractivity contribution >= 4 is 29.4 Å². The summed E-state index contributed by atoms with van der Waals surface area (Å²) in [6.07, 6.45) is 22.8. The summed E-state index contributed by atoms with van der Waals surface area (Å²) in [5.74, 6) is 0. The zero-order chi connectivity index (χ0) is 20.6. The van der Waals surface area contributed by atoms with Crippen LogP contribution in [0.1, 0.15) is 110 Å². The number of fused-ring (bicyclic) bond motifs is 1. The van der Waals surface area contributed by atoms with Crippen molar-refractivity contribution in [1.29, 1.82) is 0 Å². The van der Waals surface area contributed by atoms with E-state index in [9.17, 15) is 0 Å². The minimum atomic E-state index is 0.351. The van der Waals surface area contributed by atoms with E-state index >= 15 is 0 Å². The minimum Gasteiger partial charge on any atom is -0.349 e. The number of anilines is 1. The highest BCUT2D eigenvalue weighted by Gasteiger charge is 2.28. The fraction of sp³-hybridized carbons (Fsp3) is 0.760. The van der Waals surface area contributed by atoms with Crippen LogP contribution in [0.3, 0.4) is 0 Å².